The van der Waals surface area contributed by atoms with Gasteiger partial charge in [0.1, 0.15) is 0 Å². The number of likely N-dealkylation sites (tertiary alicyclic amines) is 1. The third kappa shape index (κ3) is 4.10. The van der Waals surface area contributed by atoms with Crippen LogP contribution in [0.3, 0.4) is 0 Å². The smallest absolute Gasteiger partial charge is 0.254 e. The van der Waals surface area contributed by atoms with Crippen LogP contribution in [0.4, 0.5) is 0 Å². The van der Waals surface area contributed by atoms with Crippen LogP contribution in [0.15, 0.2) is 60.7 Å². The summed E-state index contributed by atoms with van der Waals surface area (Å²) in [7, 11) is 0. The molecule has 2 N–H and O–H groups in total. The molecule has 31 heavy (non-hydrogen) atoms. The predicted octanol–water partition coefficient (Wildman–Crippen LogP) is 4.84. The van der Waals surface area contributed by atoms with Crippen LogP contribution in [0.1, 0.15) is 48.5 Å². The highest BCUT2D eigenvalue weighted by atomic mass is 16.3. The molecular formula is C27H31NO3. The molecule has 0 saturated carbocycles. The molecule has 1 heterocycles. The van der Waals surface area contributed by atoms with E-state index in [1.807, 2.05) is 29.2 Å². The molecular weight excluding hydrogens is 386 g/mol. The molecule has 1 aliphatic heterocycles. The number of nitrogens with zero attached hydrogens (tertiary/aromatic N) is 1. The monoisotopic (exact) mass is 417 g/mol. The molecule has 4 nitrogen and oxygen atoms in total. The van der Waals surface area contributed by atoms with Gasteiger partial charge in [-0.2, -0.15) is 0 Å². The predicted molar refractivity (Wildman–Crippen MR) is 125 cm³/mol. The van der Waals surface area contributed by atoms with Gasteiger partial charge in [0, 0.05) is 24.1 Å². The van der Waals surface area contributed by atoms with Crippen molar-refractivity contribution in [3.63, 3.8) is 0 Å². The van der Waals surface area contributed by atoms with Gasteiger partial charge in [0.25, 0.3) is 5.91 Å². The van der Waals surface area contributed by atoms with E-state index in [0.29, 0.717) is 37.4 Å². The van der Waals surface area contributed by atoms with E-state index in [0.717, 1.165) is 21.9 Å². The van der Waals surface area contributed by atoms with Crippen molar-refractivity contribution in [2.45, 2.75) is 32.6 Å². The van der Waals surface area contributed by atoms with Crippen LogP contribution >= 0.6 is 0 Å². The summed E-state index contributed by atoms with van der Waals surface area (Å²) in [6, 6.07) is 20.7. The van der Waals surface area contributed by atoms with Crippen LogP contribution in [0.25, 0.3) is 21.9 Å². The van der Waals surface area contributed by atoms with E-state index >= 15 is 0 Å². The van der Waals surface area contributed by atoms with Gasteiger partial charge >= 0.3 is 0 Å². The standard InChI is InChI=1S/C27H31NO3/c1-19(2)20-6-3-7-21(16-20)22-8-4-10-24-23(22)9-5-11-25(24)26(31)28-14-12-27(17-29,18-30)13-15-28/h3-11,16,19,29-30H,12-15,17-18H2,1-2H3. The number of aliphatic hydroxyl groups is 2. The Kier molecular flexibility index (Phi) is 6.12. The van der Waals surface area contributed by atoms with Crippen LogP contribution in [0.5, 0.6) is 0 Å². The lowest BCUT2D eigenvalue weighted by atomic mass is 9.80. The Morgan fingerprint density at radius 1 is 0.935 bits per heavy atom. The van der Waals surface area contributed by atoms with Crippen molar-refractivity contribution in [1.82, 2.24) is 4.90 Å². The summed E-state index contributed by atoms with van der Waals surface area (Å²) >= 11 is 0. The van der Waals surface area contributed by atoms with E-state index < -0.39 is 5.41 Å². The minimum atomic E-state index is -0.468. The van der Waals surface area contributed by atoms with Crippen molar-refractivity contribution >= 4 is 16.7 Å². The van der Waals surface area contributed by atoms with Crippen LogP contribution in [0.2, 0.25) is 0 Å². The Morgan fingerprint density at radius 3 is 2.26 bits per heavy atom. The van der Waals surface area contributed by atoms with Gasteiger partial charge in [0.15, 0.2) is 0 Å². The van der Waals surface area contributed by atoms with Crippen molar-refractivity contribution in [2.24, 2.45) is 5.41 Å². The first-order chi connectivity index (χ1) is 15.0. The van der Waals surface area contributed by atoms with Crippen molar-refractivity contribution in [3.8, 4) is 11.1 Å². The lowest BCUT2D eigenvalue weighted by molar-refractivity contribution is 0.000748. The molecule has 4 rings (SSSR count). The first kappa shape index (κ1) is 21.5. The summed E-state index contributed by atoms with van der Waals surface area (Å²) in [5.41, 5.74) is 3.83. The number of piperidine rings is 1. The minimum absolute atomic E-state index is 0.0168. The van der Waals surface area contributed by atoms with Gasteiger partial charge in [0.2, 0.25) is 0 Å². The van der Waals surface area contributed by atoms with E-state index in [1.54, 1.807) is 0 Å². The lowest BCUT2D eigenvalue weighted by Crippen LogP contribution is -2.46. The molecule has 1 saturated heterocycles. The fourth-order valence-corrected chi connectivity index (χ4v) is 4.53. The fraction of sp³-hybridized carbons (Fsp3) is 0.370. The van der Waals surface area contributed by atoms with Gasteiger partial charge in [-0.05, 0) is 52.3 Å². The molecule has 0 radical (unpaired) electrons. The maximum atomic E-state index is 13.4. The second kappa shape index (κ2) is 8.81. The van der Waals surface area contributed by atoms with Crippen LogP contribution in [0, 0.1) is 5.41 Å². The van der Waals surface area contributed by atoms with Gasteiger partial charge in [-0.1, -0.05) is 68.4 Å². The summed E-state index contributed by atoms with van der Waals surface area (Å²) in [5.74, 6) is 0.472. The van der Waals surface area contributed by atoms with E-state index in [9.17, 15) is 15.0 Å². The van der Waals surface area contributed by atoms with Crippen molar-refractivity contribution in [2.75, 3.05) is 26.3 Å². The Bertz CT molecular complexity index is 1070. The molecule has 3 aromatic carbocycles. The molecule has 3 aromatic rings. The molecule has 0 bridgehead atoms. The summed E-state index contributed by atoms with van der Waals surface area (Å²) in [4.78, 5) is 15.2. The number of benzene rings is 3. The molecule has 0 spiro atoms. The fourth-order valence-electron chi connectivity index (χ4n) is 4.53. The maximum absolute atomic E-state index is 13.4. The van der Waals surface area contributed by atoms with Crippen LogP contribution in [-0.2, 0) is 0 Å². The number of hydrogen-bond donors (Lipinski definition) is 2. The van der Waals surface area contributed by atoms with Crippen molar-refractivity contribution in [1.29, 1.82) is 0 Å². The maximum Gasteiger partial charge on any atom is 0.254 e. The number of fused-ring (bicyclic) bond motifs is 1. The molecule has 1 aliphatic rings. The number of carbonyl (C=O) groups excluding carboxylic acids is 1. The van der Waals surface area contributed by atoms with E-state index in [1.165, 1.54) is 5.56 Å². The molecule has 0 atom stereocenters. The van der Waals surface area contributed by atoms with Crippen LogP contribution < -0.4 is 0 Å². The van der Waals surface area contributed by atoms with Gasteiger partial charge in [-0.25, -0.2) is 0 Å². The highest BCUT2D eigenvalue weighted by Crippen LogP contribution is 2.34. The topological polar surface area (TPSA) is 60.8 Å². The van der Waals surface area contributed by atoms with Gasteiger partial charge in [-0.3, -0.25) is 4.79 Å². The summed E-state index contributed by atoms with van der Waals surface area (Å²) in [5, 5.41) is 21.3. The normalized spacial score (nSPS) is 16.1. The van der Waals surface area contributed by atoms with Gasteiger partial charge < -0.3 is 15.1 Å². The zero-order valence-electron chi connectivity index (χ0n) is 18.3. The first-order valence-corrected chi connectivity index (χ1v) is 11.1. The molecule has 0 aliphatic carbocycles. The number of aliphatic hydroxyl groups excluding tert-OH is 2. The average molecular weight is 418 g/mol. The molecule has 1 fully saturated rings. The number of hydrogen-bond acceptors (Lipinski definition) is 3. The highest BCUT2D eigenvalue weighted by molar-refractivity contribution is 6.10. The Morgan fingerprint density at radius 2 is 1.58 bits per heavy atom. The summed E-state index contributed by atoms with van der Waals surface area (Å²) in [6.45, 7) is 5.40. The minimum Gasteiger partial charge on any atom is -0.396 e. The summed E-state index contributed by atoms with van der Waals surface area (Å²) in [6.07, 6.45) is 1.23. The van der Waals surface area contributed by atoms with E-state index in [-0.39, 0.29) is 19.1 Å². The van der Waals surface area contributed by atoms with Crippen molar-refractivity contribution in [3.05, 3.63) is 71.8 Å². The van der Waals surface area contributed by atoms with Crippen LogP contribution in [-0.4, -0.2) is 47.3 Å². The largest absolute Gasteiger partial charge is 0.396 e. The SMILES string of the molecule is CC(C)c1cccc(-c2cccc3c(C(=O)N4CCC(CO)(CO)CC4)cccc23)c1. The number of amides is 1. The molecule has 4 heteroatoms. The average Bonchev–Trinajstić information content (AvgIpc) is 2.83. The third-order valence-electron chi connectivity index (χ3n) is 6.80. The Hall–Kier alpha value is -2.69. The molecule has 0 aromatic heterocycles. The Labute approximate surface area is 184 Å². The molecule has 162 valence electrons. The number of rotatable bonds is 5. The molecule has 1 amide bonds. The van der Waals surface area contributed by atoms with Gasteiger partial charge in [-0.15, -0.1) is 0 Å². The quantitative estimate of drug-likeness (QED) is 0.625. The molecule has 0 unspecified atom stereocenters. The second-order valence-electron chi connectivity index (χ2n) is 9.09. The Balaban J connectivity index is 1.69. The third-order valence-corrected chi connectivity index (χ3v) is 6.80. The second-order valence-corrected chi connectivity index (χ2v) is 9.09. The lowest BCUT2D eigenvalue weighted by Gasteiger charge is -2.39. The summed E-state index contributed by atoms with van der Waals surface area (Å²) < 4.78 is 0. The number of carbonyl (C=O) groups is 1. The van der Waals surface area contributed by atoms with Gasteiger partial charge in [0.05, 0.1) is 13.2 Å². The highest BCUT2D eigenvalue weighted by Gasteiger charge is 2.35. The zero-order chi connectivity index (χ0) is 22.0. The van der Waals surface area contributed by atoms with E-state index in [4.69, 9.17) is 0 Å². The zero-order valence-corrected chi connectivity index (χ0v) is 18.3. The van der Waals surface area contributed by atoms with E-state index in [2.05, 4.69) is 50.2 Å². The van der Waals surface area contributed by atoms with Crippen molar-refractivity contribution < 1.29 is 15.0 Å². The first-order valence-electron chi connectivity index (χ1n) is 11.1.